The summed E-state index contributed by atoms with van der Waals surface area (Å²) in [5.41, 5.74) is 1.74. The standard InChI is InChI=1S/C20H18ClNO4S2/c21-15-7-5-13(6-8-15)12-26-16-4-2-1-3-14(16)11-17-19(25)22(20(27)28-17)10-9-18(23)24/h1-8,11,18,23-24H,9-10,12H2/b17-11-. The lowest BCUT2D eigenvalue weighted by molar-refractivity contribution is -0.123. The number of para-hydroxylation sites is 1. The molecule has 1 aliphatic rings. The van der Waals surface area contributed by atoms with Crippen LogP contribution in [0.25, 0.3) is 6.08 Å². The van der Waals surface area contributed by atoms with Crippen LogP contribution in [0.1, 0.15) is 17.5 Å². The number of benzene rings is 2. The summed E-state index contributed by atoms with van der Waals surface area (Å²) in [5.74, 6) is 0.400. The Kier molecular flexibility index (Phi) is 7.09. The maximum Gasteiger partial charge on any atom is 0.266 e. The van der Waals surface area contributed by atoms with Gasteiger partial charge in [-0.25, -0.2) is 0 Å². The monoisotopic (exact) mass is 435 g/mol. The van der Waals surface area contributed by atoms with Crippen molar-refractivity contribution in [2.45, 2.75) is 19.3 Å². The van der Waals surface area contributed by atoms with Crippen LogP contribution < -0.4 is 4.74 Å². The summed E-state index contributed by atoms with van der Waals surface area (Å²) in [4.78, 5) is 14.4. The number of thiocarbonyl (C=S) groups is 1. The SMILES string of the molecule is O=C1/C(=C/c2ccccc2OCc2ccc(Cl)cc2)SC(=S)N1CCC(O)O. The van der Waals surface area contributed by atoms with Gasteiger partial charge < -0.3 is 14.9 Å². The highest BCUT2D eigenvalue weighted by Gasteiger charge is 2.32. The lowest BCUT2D eigenvalue weighted by atomic mass is 10.1. The van der Waals surface area contributed by atoms with E-state index in [1.807, 2.05) is 36.4 Å². The quantitative estimate of drug-likeness (QED) is 0.391. The van der Waals surface area contributed by atoms with Crippen molar-refractivity contribution in [3.8, 4) is 5.75 Å². The molecule has 2 aromatic carbocycles. The Morgan fingerprint density at radius 1 is 1.18 bits per heavy atom. The van der Waals surface area contributed by atoms with Gasteiger partial charge in [0, 0.05) is 23.6 Å². The van der Waals surface area contributed by atoms with E-state index in [2.05, 4.69) is 0 Å². The van der Waals surface area contributed by atoms with Crippen LogP contribution >= 0.6 is 35.6 Å². The minimum Gasteiger partial charge on any atom is -0.488 e. The van der Waals surface area contributed by atoms with Crippen molar-refractivity contribution in [3.05, 3.63) is 69.6 Å². The third-order valence-corrected chi connectivity index (χ3v) is 5.63. The van der Waals surface area contributed by atoms with Crippen LogP contribution in [0.15, 0.2) is 53.4 Å². The molecule has 1 amide bonds. The summed E-state index contributed by atoms with van der Waals surface area (Å²) in [6, 6.07) is 14.8. The molecule has 1 saturated heterocycles. The van der Waals surface area contributed by atoms with Gasteiger partial charge in [-0.2, -0.15) is 0 Å². The molecule has 0 unspecified atom stereocenters. The van der Waals surface area contributed by atoms with Gasteiger partial charge in [-0.3, -0.25) is 9.69 Å². The predicted molar refractivity (Wildman–Crippen MR) is 115 cm³/mol. The van der Waals surface area contributed by atoms with Crippen molar-refractivity contribution >= 4 is 51.9 Å². The van der Waals surface area contributed by atoms with Gasteiger partial charge in [0.25, 0.3) is 5.91 Å². The Balaban J connectivity index is 1.74. The van der Waals surface area contributed by atoms with Crippen LogP contribution in [0.2, 0.25) is 5.02 Å². The third kappa shape index (κ3) is 5.33. The second-order valence-corrected chi connectivity index (χ2v) is 8.17. The molecule has 1 heterocycles. The molecular weight excluding hydrogens is 418 g/mol. The first-order valence-electron chi connectivity index (χ1n) is 8.52. The number of aliphatic hydroxyl groups is 2. The first-order chi connectivity index (χ1) is 13.4. The topological polar surface area (TPSA) is 70.0 Å². The molecule has 0 aliphatic carbocycles. The Labute approximate surface area is 177 Å². The van der Waals surface area contributed by atoms with Gasteiger partial charge in [-0.1, -0.05) is 65.9 Å². The van der Waals surface area contributed by atoms with Crippen LogP contribution in [-0.2, 0) is 11.4 Å². The summed E-state index contributed by atoms with van der Waals surface area (Å²) in [5, 5.41) is 18.7. The molecule has 0 spiro atoms. The Morgan fingerprint density at radius 3 is 2.61 bits per heavy atom. The van der Waals surface area contributed by atoms with Gasteiger partial charge >= 0.3 is 0 Å². The van der Waals surface area contributed by atoms with E-state index in [-0.39, 0.29) is 18.9 Å². The van der Waals surface area contributed by atoms with Crippen molar-refractivity contribution in [2.75, 3.05) is 6.54 Å². The molecule has 2 aromatic rings. The fourth-order valence-corrected chi connectivity index (χ4v) is 3.98. The minimum atomic E-state index is -1.48. The largest absolute Gasteiger partial charge is 0.488 e. The zero-order valence-electron chi connectivity index (χ0n) is 14.7. The molecule has 28 heavy (non-hydrogen) atoms. The van der Waals surface area contributed by atoms with Crippen LogP contribution in [-0.4, -0.2) is 38.2 Å². The van der Waals surface area contributed by atoms with Gasteiger partial charge in [-0.05, 0) is 29.8 Å². The zero-order chi connectivity index (χ0) is 20.1. The number of aliphatic hydroxyl groups excluding tert-OH is 1. The van der Waals surface area contributed by atoms with E-state index in [0.717, 1.165) is 11.1 Å². The van der Waals surface area contributed by atoms with E-state index in [1.165, 1.54) is 16.7 Å². The number of hydrogen-bond acceptors (Lipinski definition) is 6. The molecule has 0 atom stereocenters. The normalized spacial score (nSPS) is 15.7. The zero-order valence-corrected chi connectivity index (χ0v) is 17.1. The fraction of sp³-hybridized carbons (Fsp3) is 0.200. The second-order valence-electron chi connectivity index (χ2n) is 6.06. The highest BCUT2D eigenvalue weighted by atomic mass is 35.5. The lowest BCUT2D eigenvalue weighted by Crippen LogP contribution is -2.31. The molecule has 1 aliphatic heterocycles. The number of rotatable bonds is 7. The molecule has 3 rings (SSSR count). The van der Waals surface area contributed by atoms with Crippen molar-refractivity contribution in [1.29, 1.82) is 0 Å². The number of halogens is 1. The summed E-state index contributed by atoms with van der Waals surface area (Å²) >= 11 is 12.3. The van der Waals surface area contributed by atoms with E-state index in [9.17, 15) is 4.79 Å². The fourth-order valence-electron chi connectivity index (χ4n) is 2.55. The van der Waals surface area contributed by atoms with Crippen LogP contribution in [0, 0.1) is 0 Å². The first-order valence-corrected chi connectivity index (χ1v) is 10.1. The number of carbonyl (C=O) groups excluding carboxylic acids is 1. The molecule has 0 radical (unpaired) electrons. The highest BCUT2D eigenvalue weighted by molar-refractivity contribution is 8.26. The summed E-state index contributed by atoms with van der Waals surface area (Å²) in [7, 11) is 0. The van der Waals surface area contributed by atoms with Crippen LogP contribution in [0.5, 0.6) is 5.75 Å². The molecule has 0 saturated carbocycles. The highest BCUT2D eigenvalue weighted by Crippen LogP contribution is 2.34. The third-order valence-electron chi connectivity index (χ3n) is 4.00. The number of amides is 1. The average Bonchev–Trinajstić information content (AvgIpc) is 2.93. The van der Waals surface area contributed by atoms with Crippen LogP contribution in [0.3, 0.4) is 0 Å². The average molecular weight is 436 g/mol. The maximum atomic E-state index is 12.6. The number of ether oxygens (including phenoxy) is 1. The second kappa shape index (κ2) is 9.54. The van der Waals surface area contributed by atoms with Gasteiger partial charge in [-0.15, -0.1) is 0 Å². The number of thioether (sulfide) groups is 1. The molecule has 1 fully saturated rings. The predicted octanol–water partition coefficient (Wildman–Crippen LogP) is 3.82. The smallest absolute Gasteiger partial charge is 0.266 e. The van der Waals surface area contributed by atoms with Crippen molar-refractivity contribution < 1.29 is 19.7 Å². The van der Waals surface area contributed by atoms with Crippen molar-refractivity contribution in [2.24, 2.45) is 0 Å². The molecule has 2 N–H and O–H groups in total. The molecule has 0 bridgehead atoms. The summed E-state index contributed by atoms with van der Waals surface area (Å²) in [6.07, 6.45) is 0.308. The van der Waals surface area contributed by atoms with Gasteiger partial charge in [0.15, 0.2) is 6.29 Å². The van der Waals surface area contributed by atoms with E-state index in [1.54, 1.807) is 18.2 Å². The lowest BCUT2D eigenvalue weighted by Gasteiger charge is -2.14. The van der Waals surface area contributed by atoms with E-state index in [0.29, 0.717) is 26.6 Å². The number of hydrogen-bond donors (Lipinski definition) is 2. The Bertz CT molecular complexity index is 899. The van der Waals surface area contributed by atoms with Gasteiger partial charge in [0.05, 0.1) is 4.91 Å². The Hall–Kier alpha value is -1.90. The van der Waals surface area contributed by atoms with Gasteiger partial charge in [0.1, 0.15) is 16.7 Å². The number of carbonyl (C=O) groups is 1. The molecule has 5 nitrogen and oxygen atoms in total. The maximum absolute atomic E-state index is 12.6. The summed E-state index contributed by atoms with van der Waals surface area (Å²) in [6.45, 7) is 0.533. The molecule has 0 aromatic heterocycles. The van der Waals surface area contributed by atoms with E-state index >= 15 is 0 Å². The van der Waals surface area contributed by atoms with Gasteiger partial charge in [0.2, 0.25) is 0 Å². The van der Waals surface area contributed by atoms with Crippen LogP contribution in [0.4, 0.5) is 0 Å². The molecule has 8 heteroatoms. The van der Waals surface area contributed by atoms with E-state index in [4.69, 9.17) is 38.8 Å². The Morgan fingerprint density at radius 2 is 1.89 bits per heavy atom. The summed E-state index contributed by atoms with van der Waals surface area (Å²) < 4.78 is 6.32. The van der Waals surface area contributed by atoms with Crippen molar-refractivity contribution in [3.63, 3.8) is 0 Å². The molecular formula is C20H18ClNO4S2. The molecule has 146 valence electrons. The number of nitrogens with zero attached hydrogens (tertiary/aromatic N) is 1. The van der Waals surface area contributed by atoms with E-state index < -0.39 is 6.29 Å². The van der Waals surface area contributed by atoms with Crippen molar-refractivity contribution in [1.82, 2.24) is 4.90 Å². The first kappa shape index (κ1) is 20.8. The minimum absolute atomic E-state index is 0.0422.